The number of thiazole rings is 1. The van der Waals surface area contributed by atoms with Crippen LogP contribution in [0.25, 0.3) is 0 Å². The molecule has 2 heterocycles. The van der Waals surface area contributed by atoms with Crippen LogP contribution in [0.3, 0.4) is 0 Å². The lowest BCUT2D eigenvalue weighted by Crippen LogP contribution is -2.25. The molecule has 1 aliphatic rings. The van der Waals surface area contributed by atoms with E-state index in [1.165, 1.54) is 0 Å². The third-order valence-electron chi connectivity index (χ3n) is 3.21. The highest BCUT2D eigenvalue weighted by Gasteiger charge is 2.17. The Balaban J connectivity index is 1.63. The van der Waals surface area contributed by atoms with Crippen molar-refractivity contribution in [2.75, 3.05) is 20.4 Å². The smallest absolute Gasteiger partial charge is 0.231 e. The average Bonchev–Trinajstić information content (AvgIpc) is 3.06. The van der Waals surface area contributed by atoms with E-state index in [0.29, 0.717) is 30.2 Å². The van der Waals surface area contributed by atoms with Crippen LogP contribution in [0.15, 0.2) is 23.6 Å². The second-order valence-corrected chi connectivity index (χ2v) is 6.08. The van der Waals surface area contributed by atoms with Gasteiger partial charge in [0, 0.05) is 17.5 Å². The first-order valence-corrected chi connectivity index (χ1v) is 7.52. The number of ether oxygens (including phenoxy) is 2. The Bertz CT molecular complexity index is 669. The minimum absolute atomic E-state index is 0.0581. The van der Waals surface area contributed by atoms with E-state index in [4.69, 9.17) is 9.47 Å². The topological polar surface area (TPSA) is 51.7 Å². The summed E-state index contributed by atoms with van der Waals surface area (Å²) in [6.07, 6.45) is 0. The number of aromatic nitrogens is 1. The predicted octanol–water partition coefficient (Wildman–Crippen LogP) is 2.49. The van der Waals surface area contributed by atoms with Gasteiger partial charge in [0.05, 0.1) is 17.2 Å². The number of nitrogens with zero attached hydrogens (tertiary/aromatic N) is 2. The molecule has 5 nitrogen and oxygen atoms in total. The molecule has 0 amide bonds. The quantitative estimate of drug-likeness (QED) is 0.794. The number of fused-ring (bicyclic) bond motifs is 1. The molecule has 0 unspecified atom stereocenters. The minimum atomic E-state index is 0.0581. The molecule has 3 rings (SSSR count). The maximum absolute atomic E-state index is 12.3. The molecule has 0 spiro atoms. The number of carbonyl (C=O) groups is 1. The summed E-state index contributed by atoms with van der Waals surface area (Å²) in [6, 6.07) is 5.29. The highest BCUT2D eigenvalue weighted by molar-refractivity contribution is 7.09. The number of hydrogen-bond acceptors (Lipinski definition) is 6. The Kier molecular flexibility index (Phi) is 3.90. The van der Waals surface area contributed by atoms with E-state index in [-0.39, 0.29) is 12.6 Å². The van der Waals surface area contributed by atoms with Gasteiger partial charge in [-0.1, -0.05) is 0 Å². The number of hydrogen-bond donors (Lipinski definition) is 0. The number of likely N-dealkylation sites (N-methyl/N-ethyl adjacent to an activating group) is 1. The molecule has 110 valence electrons. The zero-order valence-electron chi connectivity index (χ0n) is 12.0. The van der Waals surface area contributed by atoms with Crippen LogP contribution in [0.2, 0.25) is 0 Å². The van der Waals surface area contributed by atoms with Crippen molar-refractivity contribution in [1.82, 2.24) is 9.88 Å². The van der Waals surface area contributed by atoms with Crippen molar-refractivity contribution in [2.24, 2.45) is 0 Å². The van der Waals surface area contributed by atoms with E-state index in [9.17, 15) is 4.79 Å². The van der Waals surface area contributed by atoms with E-state index >= 15 is 0 Å². The zero-order chi connectivity index (χ0) is 14.8. The molecule has 0 N–H and O–H groups in total. The molecule has 0 radical (unpaired) electrons. The largest absolute Gasteiger partial charge is 0.454 e. The Morgan fingerprint density at radius 1 is 1.38 bits per heavy atom. The minimum Gasteiger partial charge on any atom is -0.454 e. The molecule has 0 aliphatic carbocycles. The Hall–Kier alpha value is -1.92. The molecule has 0 saturated heterocycles. The Morgan fingerprint density at radius 2 is 2.19 bits per heavy atom. The van der Waals surface area contributed by atoms with Gasteiger partial charge in [-0.15, -0.1) is 11.3 Å². The van der Waals surface area contributed by atoms with Gasteiger partial charge >= 0.3 is 0 Å². The molecule has 1 aromatic carbocycles. The number of Topliss-reactive ketones (excluding diaryl/α,β-unsaturated/α-hetero) is 1. The monoisotopic (exact) mass is 304 g/mol. The van der Waals surface area contributed by atoms with Crippen LogP contribution in [0.5, 0.6) is 11.5 Å². The van der Waals surface area contributed by atoms with Crippen molar-refractivity contribution in [3.8, 4) is 11.5 Å². The molecule has 1 aliphatic heterocycles. The normalized spacial score (nSPS) is 12.9. The SMILES string of the molecule is Cc1nc(CN(C)CC(=O)c2ccc3c(c2)OCO3)cs1. The van der Waals surface area contributed by atoms with E-state index in [1.54, 1.807) is 29.5 Å². The molecule has 0 fully saturated rings. The summed E-state index contributed by atoms with van der Waals surface area (Å²) >= 11 is 1.62. The fourth-order valence-corrected chi connectivity index (χ4v) is 2.82. The van der Waals surface area contributed by atoms with Crippen LogP contribution >= 0.6 is 11.3 Å². The van der Waals surface area contributed by atoms with Crippen LogP contribution in [0.4, 0.5) is 0 Å². The highest BCUT2D eigenvalue weighted by Crippen LogP contribution is 2.32. The van der Waals surface area contributed by atoms with E-state index in [2.05, 4.69) is 4.98 Å². The second kappa shape index (κ2) is 5.83. The average molecular weight is 304 g/mol. The zero-order valence-corrected chi connectivity index (χ0v) is 12.8. The van der Waals surface area contributed by atoms with Gasteiger partial charge in [-0.3, -0.25) is 9.69 Å². The molecule has 2 aromatic rings. The van der Waals surface area contributed by atoms with Crippen LogP contribution in [0, 0.1) is 6.92 Å². The summed E-state index contributed by atoms with van der Waals surface area (Å²) in [4.78, 5) is 18.7. The predicted molar refractivity (Wildman–Crippen MR) is 80.1 cm³/mol. The number of benzene rings is 1. The number of carbonyl (C=O) groups excluding carboxylic acids is 1. The lowest BCUT2D eigenvalue weighted by atomic mass is 10.1. The third-order valence-corrected chi connectivity index (χ3v) is 4.03. The van der Waals surface area contributed by atoms with Crippen molar-refractivity contribution < 1.29 is 14.3 Å². The van der Waals surface area contributed by atoms with Crippen LogP contribution in [-0.2, 0) is 6.54 Å². The third kappa shape index (κ3) is 3.22. The van der Waals surface area contributed by atoms with E-state index < -0.39 is 0 Å². The van der Waals surface area contributed by atoms with Gasteiger partial charge in [0.25, 0.3) is 0 Å². The second-order valence-electron chi connectivity index (χ2n) is 5.02. The summed E-state index contributed by atoms with van der Waals surface area (Å²) in [7, 11) is 1.92. The summed E-state index contributed by atoms with van der Waals surface area (Å²) in [5.41, 5.74) is 1.64. The summed E-state index contributed by atoms with van der Waals surface area (Å²) in [6.45, 7) is 3.21. The maximum atomic E-state index is 12.3. The van der Waals surface area contributed by atoms with Gasteiger partial charge in [-0.25, -0.2) is 4.98 Å². The van der Waals surface area contributed by atoms with Gasteiger partial charge in [0.1, 0.15) is 0 Å². The van der Waals surface area contributed by atoms with E-state index in [0.717, 1.165) is 10.7 Å². The summed E-state index contributed by atoms with van der Waals surface area (Å²) in [5, 5.41) is 3.07. The first kappa shape index (κ1) is 14.0. The Morgan fingerprint density at radius 3 is 2.95 bits per heavy atom. The number of rotatable bonds is 5. The van der Waals surface area contributed by atoms with Gasteiger partial charge < -0.3 is 9.47 Å². The van der Waals surface area contributed by atoms with Gasteiger partial charge in [0.15, 0.2) is 17.3 Å². The lowest BCUT2D eigenvalue weighted by molar-refractivity contribution is 0.0942. The summed E-state index contributed by atoms with van der Waals surface area (Å²) in [5.74, 6) is 1.39. The molecular formula is C15H16N2O3S. The maximum Gasteiger partial charge on any atom is 0.231 e. The van der Waals surface area contributed by atoms with Crippen LogP contribution in [0.1, 0.15) is 21.1 Å². The first-order valence-electron chi connectivity index (χ1n) is 6.64. The van der Waals surface area contributed by atoms with Gasteiger partial charge in [0.2, 0.25) is 6.79 Å². The fraction of sp³-hybridized carbons (Fsp3) is 0.333. The number of ketones is 1. The molecule has 21 heavy (non-hydrogen) atoms. The van der Waals surface area contributed by atoms with E-state index in [1.807, 2.05) is 24.3 Å². The van der Waals surface area contributed by atoms with Crippen LogP contribution in [-0.4, -0.2) is 36.1 Å². The van der Waals surface area contributed by atoms with Crippen molar-refractivity contribution in [3.63, 3.8) is 0 Å². The molecule has 6 heteroatoms. The highest BCUT2D eigenvalue weighted by atomic mass is 32.1. The van der Waals surface area contributed by atoms with Crippen molar-refractivity contribution in [1.29, 1.82) is 0 Å². The van der Waals surface area contributed by atoms with Gasteiger partial charge in [-0.05, 0) is 32.2 Å². The van der Waals surface area contributed by atoms with Crippen molar-refractivity contribution in [3.05, 3.63) is 39.8 Å². The van der Waals surface area contributed by atoms with Crippen molar-refractivity contribution >= 4 is 17.1 Å². The molecule has 0 atom stereocenters. The van der Waals surface area contributed by atoms with Crippen LogP contribution < -0.4 is 9.47 Å². The fourth-order valence-electron chi connectivity index (χ4n) is 2.22. The molecular weight excluding hydrogens is 288 g/mol. The Labute approximate surface area is 127 Å². The summed E-state index contributed by atoms with van der Waals surface area (Å²) < 4.78 is 10.5. The number of aryl methyl sites for hydroxylation is 1. The molecule has 0 saturated carbocycles. The lowest BCUT2D eigenvalue weighted by Gasteiger charge is -2.14. The molecule has 0 bridgehead atoms. The first-order chi connectivity index (χ1) is 10.1. The molecule has 1 aromatic heterocycles. The van der Waals surface area contributed by atoms with Gasteiger partial charge in [-0.2, -0.15) is 0 Å². The van der Waals surface area contributed by atoms with Crippen molar-refractivity contribution in [2.45, 2.75) is 13.5 Å². The standard InChI is InChI=1S/C15H16N2O3S/c1-10-16-12(8-21-10)6-17(2)7-13(18)11-3-4-14-15(5-11)20-9-19-14/h3-5,8H,6-7,9H2,1-2H3.